The van der Waals surface area contributed by atoms with Gasteiger partial charge in [-0.15, -0.1) is 0 Å². The minimum Gasteiger partial charge on any atom is -0.378 e. The number of amides is 1. The van der Waals surface area contributed by atoms with Gasteiger partial charge in [-0.25, -0.2) is 0 Å². The van der Waals surface area contributed by atoms with E-state index in [9.17, 15) is 14.9 Å². The summed E-state index contributed by atoms with van der Waals surface area (Å²) in [6.45, 7) is 3.49. The summed E-state index contributed by atoms with van der Waals surface area (Å²) in [5.74, 6) is -0.213. The molecule has 1 aromatic heterocycles. The van der Waals surface area contributed by atoms with E-state index in [2.05, 4.69) is 11.0 Å². The van der Waals surface area contributed by atoms with Crippen molar-refractivity contribution in [2.75, 3.05) is 38.3 Å². The van der Waals surface area contributed by atoms with Crippen LogP contribution in [0.5, 0.6) is 0 Å². The molecule has 1 aromatic carbocycles. The van der Waals surface area contributed by atoms with Crippen molar-refractivity contribution in [2.24, 2.45) is 0 Å². The van der Waals surface area contributed by atoms with Crippen molar-refractivity contribution < 1.29 is 14.5 Å². The molecule has 0 spiro atoms. The van der Waals surface area contributed by atoms with Crippen LogP contribution in [0, 0.1) is 10.1 Å². The van der Waals surface area contributed by atoms with E-state index in [4.69, 9.17) is 4.74 Å². The third-order valence-corrected chi connectivity index (χ3v) is 5.11. The molecule has 0 radical (unpaired) electrons. The molecular formula is C17H19N3O4S. The van der Waals surface area contributed by atoms with Gasteiger partial charge in [-0.05, 0) is 17.7 Å². The van der Waals surface area contributed by atoms with E-state index in [1.807, 2.05) is 18.2 Å². The zero-order chi connectivity index (χ0) is 17.8. The quantitative estimate of drug-likeness (QED) is 0.605. The highest BCUT2D eigenvalue weighted by atomic mass is 32.1. The zero-order valence-corrected chi connectivity index (χ0v) is 14.7. The Morgan fingerprint density at radius 3 is 2.68 bits per heavy atom. The SMILES string of the molecule is CN(Cc1ccccc1N1CCOCC1)C(=O)c1ccc([N+](=O)[O-])s1. The number of morpholine rings is 1. The lowest BCUT2D eigenvalue weighted by Crippen LogP contribution is -2.37. The minimum absolute atomic E-state index is 0.0227. The Bertz CT molecular complexity index is 771. The maximum Gasteiger partial charge on any atom is 0.324 e. The molecule has 25 heavy (non-hydrogen) atoms. The summed E-state index contributed by atoms with van der Waals surface area (Å²) in [5, 5.41) is 10.8. The van der Waals surface area contributed by atoms with Crippen LogP contribution in [0.2, 0.25) is 0 Å². The summed E-state index contributed by atoms with van der Waals surface area (Å²) in [5.41, 5.74) is 2.15. The average Bonchev–Trinajstić information content (AvgIpc) is 3.12. The second kappa shape index (κ2) is 7.62. The van der Waals surface area contributed by atoms with Gasteiger partial charge in [-0.1, -0.05) is 29.5 Å². The van der Waals surface area contributed by atoms with Crippen LogP contribution in [0.15, 0.2) is 36.4 Å². The number of hydrogen-bond acceptors (Lipinski definition) is 6. The Morgan fingerprint density at radius 2 is 2.00 bits per heavy atom. The lowest BCUT2D eigenvalue weighted by Gasteiger charge is -2.31. The molecule has 1 fully saturated rings. The molecule has 7 nitrogen and oxygen atoms in total. The zero-order valence-electron chi connectivity index (χ0n) is 13.9. The molecule has 0 unspecified atom stereocenters. The van der Waals surface area contributed by atoms with Crippen molar-refractivity contribution in [2.45, 2.75) is 6.54 Å². The third kappa shape index (κ3) is 3.97. The number of rotatable bonds is 5. The molecule has 2 heterocycles. The van der Waals surface area contributed by atoms with E-state index in [1.54, 1.807) is 11.9 Å². The van der Waals surface area contributed by atoms with Gasteiger partial charge in [-0.3, -0.25) is 14.9 Å². The minimum atomic E-state index is -0.477. The normalized spacial score (nSPS) is 14.4. The molecule has 1 saturated heterocycles. The highest BCUT2D eigenvalue weighted by Crippen LogP contribution is 2.27. The number of carbonyl (C=O) groups excluding carboxylic acids is 1. The monoisotopic (exact) mass is 361 g/mol. The van der Waals surface area contributed by atoms with E-state index < -0.39 is 4.92 Å². The molecule has 8 heteroatoms. The van der Waals surface area contributed by atoms with E-state index in [1.165, 1.54) is 12.1 Å². The molecule has 3 rings (SSSR count). The molecule has 132 valence electrons. The summed E-state index contributed by atoms with van der Waals surface area (Å²) in [6.07, 6.45) is 0. The van der Waals surface area contributed by atoms with Crippen molar-refractivity contribution in [1.29, 1.82) is 0 Å². The standard InChI is InChI=1S/C17H19N3O4S/c1-18(17(21)15-6-7-16(25-15)20(22)23)12-13-4-2-3-5-14(13)19-8-10-24-11-9-19/h2-7H,8-12H2,1H3. The fourth-order valence-electron chi connectivity index (χ4n) is 2.81. The lowest BCUT2D eigenvalue weighted by atomic mass is 10.1. The second-order valence-electron chi connectivity index (χ2n) is 5.78. The number of nitrogens with zero attached hydrogens (tertiary/aromatic N) is 3. The number of para-hydroxylation sites is 1. The maximum absolute atomic E-state index is 12.6. The van der Waals surface area contributed by atoms with E-state index in [0.717, 1.165) is 35.7 Å². The van der Waals surface area contributed by atoms with Crippen LogP contribution in [0.3, 0.4) is 0 Å². The van der Waals surface area contributed by atoms with Gasteiger partial charge in [0.05, 0.1) is 23.0 Å². The Labute approximate surface area is 149 Å². The molecule has 1 amide bonds. The van der Waals surface area contributed by atoms with Crippen molar-refractivity contribution in [3.05, 3.63) is 57.0 Å². The van der Waals surface area contributed by atoms with Gasteiger partial charge in [0, 0.05) is 38.4 Å². The molecule has 1 aliphatic rings. The Kier molecular flexibility index (Phi) is 5.30. The summed E-state index contributed by atoms with van der Waals surface area (Å²) >= 11 is 0.903. The van der Waals surface area contributed by atoms with E-state index in [-0.39, 0.29) is 10.9 Å². The van der Waals surface area contributed by atoms with Crippen molar-refractivity contribution in [3.63, 3.8) is 0 Å². The number of anilines is 1. The van der Waals surface area contributed by atoms with Crippen molar-refractivity contribution in [1.82, 2.24) is 4.90 Å². The Morgan fingerprint density at radius 1 is 1.28 bits per heavy atom. The summed E-state index contributed by atoms with van der Waals surface area (Å²) in [4.78, 5) is 27.1. The number of ether oxygens (including phenoxy) is 1. The van der Waals surface area contributed by atoms with Crippen molar-refractivity contribution >= 4 is 27.9 Å². The number of nitro groups is 1. The van der Waals surface area contributed by atoms with Gasteiger partial charge in [0.2, 0.25) is 0 Å². The number of benzene rings is 1. The van der Waals surface area contributed by atoms with Crippen LogP contribution in [0.4, 0.5) is 10.7 Å². The molecule has 2 aromatic rings. The van der Waals surface area contributed by atoms with Gasteiger partial charge >= 0.3 is 5.00 Å². The lowest BCUT2D eigenvalue weighted by molar-refractivity contribution is -0.380. The fourth-order valence-corrected chi connectivity index (χ4v) is 3.63. The van der Waals surface area contributed by atoms with Crippen LogP contribution in [-0.2, 0) is 11.3 Å². The first-order valence-electron chi connectivity index (χ1n) is 7.96. The summed E-state index contributed by atoms with van der Waals surface area (Å²) in [7, 11) is 1.71. The van der Waals surface area contributed by atoms with Crippen LogP contribution in [0.25, 0.3) is 0 Å². The smallest absolute Gasteiger partial charge is 0.324 e. The van der Waals surface area contributed by atoms with Gasteiger partial charge in [-0.2, -0.15) is 0 Å². The summed E-state index contributed by atoms with van der Waals surface area (Å²) in [6, 6.07) is 10.9. The third-order valence-electron chi connectivity index (χ3n) is 4.08. The molecule has 0 atom stereocenters. The predicted octanol–water partition coefficient (Wildman–Crippen LogP) is 2.77. The van der Waals surface area contributed by atoms with Crippen LogP contribution < -0.4 is 4.90 Å². The summed E-state index contributed by atoms with van der Waals surface area (Å²) < 4.78 is 5.40. The molecule has 0 aliphatic carbocycles. The van der Waals surface area contributed by atoms with E-state index >= 15 is 0 Å². The first-order valence-corrected chi connectivity index (χ1v) is 8.78. The second-order valence-corrected chi connectivity index (χ2v) is 6.85. The Hall–Kier alpha value is -2.45. The van der Waals surface area contributed by atoms with Gasteiger partial charge in [0.25, 0.3) is 5.91 Å². The van der Waals surface area contributed by atoms with Gasteiger partial charge in [0.15, 0.2) is 0 Å². The van der Waals surface area contributed by atoms with Gasteiger partial charge < -0.3 is 14.5 Å². The highest BCUT2D eigenvalue weighted by Gasteiger charge is 2.20. The van der Waals surface area contributed by atoms with Gasteiger partial charge in [0.1, 0.15) is 0 Å². The maximum atomic E-state index is 12.6. The molecule has 0 N–H and O–H groups in total. The topological polar surface area (TPSA) is 75.9 Å². The number of carbonyl (C=O) groups is 1. The Balaban J connectivity index is 1.74. The van der Waals surface area contributed by atoms with Crippen molar-refractivity contribution in [3.8, 4) is 0 Å². The highest BCUT2D eigenvalue weighted by molar-refractivity contribution is 7.17. The number of hydrogen-bond donors (Lipinski definition) is 0. The number of thiophene rings is 1. The average molecular weight is 361 g/mol. The predicted molar refractivity (Wildman–Crippen MR) is 96.2 cm³/mol. The first-order chi connectivity index (χ1) is 12.1. The molecule has 1 aliphatic heterocycles. The molecule has 0 saturated carbocycles. The van der Waals surface area contributed by atoms with Crippen LogP contribution >= 0.6 is 11.3 Å². The molecular weight excluding hydrogens is 342 g/mol. The first kappa shape index (κ1) is 17.4. The van der Waals surface area contributed by atoms with E-state index in [0.29, 0.717) is 24.6 Å². The van der Waals surface area contributed by atoms with Crippen LogP contribution in [-0.4, -0.2) is 49.1 Å². The fraction of sp³-hybridized carbons (Fsp3) is 0.353. The van der Waals surface area contributed by atoms with Crippen LogP contribution in [0.1, 0.15) is 15.2 Å². The molecule has 0 bridgehead atoms. The largest absolute Gasteiger partial charge is 0.378 e.